The Morgan fingerprint density at radius 3 is 2.01 bits per heavy atom. The van der Waals surface area contributed by atoms with Gasteiger partial charge in [-0.05, 0) is 112 Å². The van der Waals surface area contributed by atoms with Crippen LogP contribution in [-0.4, -0.2) is 177 Å². The monoisotopic (exact) mass is 1290 g/mol. The number of nitrogens with zero attached hydrogens (tertiary/aromatic N) is 5. The molecule has 5 N–H and O–H groups in total. The maximum atomic E-state index is 14.0. The molecule has 486 valence electrons. The van der Waals surface area contributed by atoms with Crippen LogP contribution in [0, 0.1) is 19.3 Å². The number of rotatable bonds is 33. The molecule has 0 spiro atoms. The van der Waals surface area contributed by atoms with Gasteiger partial charge in [0.05, 0.1) is 128 Å². The number of thiazole rings is 1. The van der Waals surface area contributed by atoms with Gasteiger partial charge in [0.1, 0.15) is 22.9 Å². The molecule has 22 nitrogen and oxygen atoms in total. The molecule has 0 aliphatic carbocycles. The lowest BCUT2D eigenvalue weighted by Gasteiger charge is -2.35. The molecule has 25 heteroatoms. The van der Waals surface area contributed by atoms with E-state index < -0.39 is 44.6 Å². The number of aliphatic hydroxyl groups is 1. The van der Waals surface area contributed by atoms with Crippen molar-refractivity contribution in [3.05, 3.63) is 99.8 Å². The highest BCUT2D eigenvalue weighted by atomic mass is 35.5. The summed E-state index contributed by atoms with van der Waals surface area (Å²) in [6, 6.07) is 16.7. The molecule has 7 rings (SSSR count). The number of sulfone groups is 1. The van der Waals surface area contributed by atoms with Gasteiger partial charge in [0.25, 0.3) is 0 Å². The second-order valence-electron chi connectivity index (χ2n) is 23.8. The first-order valence-electron chi connectivity index (χ1n) is 30.4. The normalized spacial score (nSPS) is 16.0. The summed E-state index contributed by atoms with van der Waals surface area (Å²) in [5, 5.41) is 22.3. The van der Waals surface area contributed by atoms with E-state index in [1.165, 1.54) is 11.1 Å². The summed E-state index contributed by atoms with van der Waals surface area (Å²) in [4.78, 5) is 71.5. The topological polar surface area (TPSA) is 271 Å². The van der Waals surface area contributed by atoms with Crippen molar-refractivity contribution in [3.8, 4) is 16.2 Å². The van der Waals surface area contributed by atoms with E-state index in [9.17, 15) is 32.7 Å². The number of hydrogen-bond donors (Lipinski definition) is 5. The number of benzene rings is 3. The number of ether oxygens (including phenoxy) is 6. The van der Waals surface area contributed by atoms with E-state index in [1.807, 2.05) is 89.2 Å². The zero-order valence-electron chi connectivity index (χ0n) is 52.6. The molecule has 0 saturated carbocycles. The van der Waals surface area contributed by atoms with Crippen LogP contribution in [0.4, 0.5) is 23.1 Å². The van der Waals surface area contributed by atoms with Crippen molar-refractivity contribution in [2.45, 2.75) is 141 Å². The van der Waals surface area contributed by atoms with Crippen LogP contribution in [0.1, 0.15) is 109 Å². The Morgan fingerprint density at radius 1 is 0.798 bits per heavy atom. The summed E-state index contributed by atoms with van der Waals surface area (Å²) in [5.74, 6) is 0.182. The minimum atomic E-state index is -3.60. The molecule has 4 heterocycles. The molecular weight excluding hydrogens is 1200 g/mol. The van der Waals surface area contributed by atoms with Crippen LogP contribution in [0.2, 0.25) is 5.02 Å². The Kier molecular flexibility index (Phi) is 26.5. The molecule has 0 radical (unpaired) electrons. The van der Waals surface area contributed by atoms with Gasteiger partial charge < -0.3 is 64.6 Å². The van der Waals surface area contributed by atoms with E-state index in [1.54, 1.807) is 49.4 Å². The number of halogens is 1. The molecule has 2 saturated heterocycles. The fraction of sp³-hybridized carbons (Fsp3) is 0.547. The van der Waals surface area contributed by atoms with Gasteiger partial charge in [0, 0.05) is 39.0 Å². The van der Waals surface area contributed by atoms with Gasteiger partial charge in [0.2, 0.25) is 29.6 Å². The fourth-order valence-electron chi connectivity index (χ4n) is 10.3. The van der Waals surface area contributed by atoms with Gasteiger partial charge in [-0.3, -0.25) is 19.2 Å². The first-order valence-corrected chi connectivity index (χ1v) is 33.2. The average Bonchev–Trinajstić information content (AvgIpc) is 2.12. The maximum absolute atomic E-state index is 14.0. The second kappa shape index (κ2) is 33.6. The highest BCUT2D eigenvalue weighted by molar-refractivity contribution is 7.92. The summed E-state index contributed by atoms with van der Waals surface area (Å²) in [6.45, 7) is 21.3. The summed E-state index contributed by atoms with van der Waals surface area (Å²) >= 11 is 8.09. The molecule has 2 aromatic heterocycles. The third-order valence-electron chi connectivity index (χ3n) is 15.2. The largest absolute Gasteiger partial charge is 0.489 e. The van der Waals surface area contributed by atoms with Crippen LogP contribution in [0.25, 0.3) is 10.4 Å². The maximum Gasteiger partial charge on any atom is 0.246 e. The SMILES string of the molecule is Cc1cc(Nc2ncc(Cl)c(Nc3ccccc3S(=O)(=O)C(C)C)n2)c(OC(C)C)cc1C1CCN(C(=O)CCOCCOCCOCCOCCOCCC(=O)N[C@H](C(=O)N2C[C@H](O)C[C@H]2C(=O)NCc2ccc(-c3scnc3C)cc2)C(C)(C)C)CC1. The molecule has 3 aromatic carbocycles. The molecule has 0 unspecified atom stereocenters. The van der Waals surface area contributed by atoms with E-state index in [0.29, 0.717) is 83.1 Å². The number of hydrogen-bond acceptors (Lipinski definition) is 19. The van der Waals surface area contributed by atoms with E-state index in [0.717, 1.165) is 45.7 Å². The molecule has 89 heavy (non-hydrogen) atoms. The van der Waals surface area contributed by atoms with Crippen molar-refractivity contribution in [1.29, 1.82) is 0 Å². The van der Waals surface area contributed by atoms with Crippen LogP contribution in [0.5, 0.6) is 5.75 Å². The van der Waals surface area contributed by atoms with Crippen LogP contribution < -0.4 is 26.0 Å². The highest BCUT2D eigenvalue weighted by Crippen LogP contribution is 2.39. The van der Waals surface area contributed by atoms with Gasteiger partial charge in [-0.1, -0.05) is 68.8 Å². The molecule has 5 aromatic rings. The standard InChI is InChI=1S/C64H88ClN9O13S2/c1-41(2)87-54-36-49(43(5)34-52(54)70-63-67-38-50(65)60(72-63)69-51-12-10-11-13-55(51)89(80,81)42(3)4)46-18-22-73(23-19-46)57(77)21-25-83-27-29-85-31-33-86-32-30-84-28-26-82-24-20-56(76)71-59(64(7,8)9)62(79)74-39-48(75)35-53(74)61(78)66-37-45-14-16-47(17-15-45)58-44(6)68-40-88-58/h10-17,34,36,38,40-42,46,48,53,59,75H,18-33,35,37,39H2,1-9H3,(H,66,78)(H,71,76)(H2,67,69,70,72)/t48-,53+,59-/m1/s1. The molecule has 2 aliphatic heterocycles. The van der Waals surface area contributed by atoms with Crippen LogP contribution in [-0.2, 0) is 59.2 Å². The minimum absolute atomic E-state index is 0.0122. The van der Waals surface area contributed by atoms with Crippen molar-refractivity contribution in [2.75, 3.05) is 96.3 Å². The van der Waals surface area contributed by atoms with Crippen molar-refractivity contribution >= 4 is 79.5 Å². The molecular formula is C64H88ClN9O13S2. The first-order chi connectivity index (χ1) is 42.5. The van der Waals surface area contributed by atoms with Crippen LogP contribution >= 0.6 is 22.9 Å². The van der Waals surface area contributed by atoms with Crippen molar-refractivity contribution in [3.63, 3.8) is 0 Å². The smallest absolute Gasteiger partial charge is 0.246 e. The molecule has 0 bridgehead atoms. The van der Waals surface area contributed by atoms with Crippen molar-refractivity contribution in [2.24, 2.45) is 5.41 Å². The van der Waals surface area contributed by atoms with Crippen molar-refractivity contribution in [1.82, 2.24) is 35.4 Å². The van der Waals surface area contributed by atoms with Gasteiger partial charge in [-0.2, -0.15) is 4.98 Å². The second-order valence-corrected chi connectivity index (χ2v) is 27.5. The Balaban J connectivity index is 0.711. The number of carbonyl (C=O) groups excluding carboxylic acids is 4. The highest BCUT2D eigenvalue weighted by Gasteiger charge is 2.44. The van der Waals surface area contributed by atoms with Gasteiger partial charge in [0.15, 0.2) is 15.7 Å². The lowest BCUT2D eigenvalue weighted by atomic mass is 9.85. The van der Waals surface area contributed by atoms with Crippen LogP contribution in [0.3, 0.4) is 0 Å². The van der Waals surface area contributed by atoms with Gasteiger partial charge >= 0.3 is 0 Å². The Bertz CT molecular complexity index is 3250. The van der Waals surface area contributed by atoms with Crippen molar-refractivity contribution < 1.29 is 61.1 Å². The predicted molar refractivity (Wildman–Crippen MR) is 343 cm³/mol. The summed E-state index contributed by atoms with van der Waals surface area (Å²) in [5.41, 5.74) is 7.21. The molecule has 4 amide bonds. The lowest BCUT2D eigenvalue weighted by Crippen LogP contribution is -2.57. The third-order valence-corrected chi connectivity index (χ3v) is 18.7. The zero-order valence-corrected chi connectivity index (χ0v) is 55.0. The lowest BCUT2D eigenvalue weighted by molar-refractivity contribution is -0.144. The Labute approximate surface area is 532 Å². The fourth-order valence-corrected chi connectivity index (χ4v) is 12.5. The Morgan fingerprint density at radius 2 is 1.42 bits per heavy atom. The van der Waals surface area contributed by atoms with Crippen LogP contribution in [0.15, 0.2) is 77.3 Å². The zero-order chi connectivity index (χ0) is 64.3. The number of likely N-dealkylation sites (tertiary alicyclic amines) is 2. The number of β-amino-alcohol motifs (C(OH)–C–C–N with tert-alkyl or cyclic N) is 1. The van der Waals surface area contributed by atoms with Gasteiger partial charge in [-0.25, -0.2) is 18.4 Å². The molecule has 2 fully saturated rings. The number of para-hydroxylation sites is 1. The number of aliphatic hydroxyl groups excluding tert-OH is 1. The number of aryl methyl sites for hydroxylation is 2. The quantitative estimate of drug-likeness (QED) is 0.0246. The first kappa shape index (κ1) is 70.1. The van der Waals surface area contributed by atoms with E-state index in [4.69, 9.17) is 40.0 Å². The minimum Gasteiger partial charge on any atom is -0.489 e. The van der Waals surface area contributed by atoms with E-state index >= 15 is 0 Å². The number of aromatic nitrogens is 3. The summed E-state index contributed by atoms with van der Waals surface area (Å²) in [7, 11) is -3.60. The number of piperidine rings is 1. The Hall–Kier alpha value is -6.35. The average molecular weight is 1290 g/mol. The molecule has 3 atom stereocenters. The number of nitrogens with one attached hydrogen (secondary N) is 4. The predicted octanol–water partition coefficient (Wildman–Crippen LogP) is 8.71. The molecule has 2 aliphatic rings. The van der Waals surface area contributed by atoms with E-state index in [-0.39, 0.29) is 97.0 Å². The van der Waals surface area contributed by atoms with Gasteiger partial charge in [-0.15, -0.1) is 11.3 Å². The number of anilines is 4. The van der Waals surface area contributed by atoms with E-state index in [2.05, 4.69) is 42.3 Å². The number of carbonyl (C=O) groups is 4. The number of amides is 4. The summed E-state index contributed by atoms with van der Waals surface area (Å²) < 4.78 is 60.7. The third kappa shape index (κ3) is 20.6. The summed E-state index contributed by atoms with van der Waals surface area (Å²) in [6.07, 6.45) is 2.41.